The Bertz CT molecular complexity index is 986. The maximum Gasteiger partial charge on any atom is 0.240 e. The number of aryl methyl sites for hydroxylation is 2. The number of anilines is 1. The van der Waals surface area contributed by atoms with Crippen LogP contribution >= 0.6 is 0 Å². The van der Waals surface area contributed by atoms with Gasteiger partial charge in [0.2, 0.25) is 15.9 Å². The zero-order valence-corrected chi connectivity index (χ0v) is 17.5. The van der Waals surface area contributed by atoms with Gasteiger partial charge in [-0.05, 0) is 43.2 Å². The normalized spacial score (nSPS) is 14.9. The smallest absolute Gasteiger partial charge is 0.240 e. The van der Waals surface area contributed by atoms with Crippen LogP contribution in [0.15, 0.2) is 47.4 Å². The molecule has 6 nitrogen and oxygen atoms in total. The van der Waals surface area contributed by atoms with Crippen molar-refractivity contribution < 1.29 is 17.6 Å². The monoisotopic (exact) mass is 419 g/mol. The number of para-hydroxylation sites is 1. The number of nitrogens with one attached hydrogen (secondary N) is 1. The SMILES string of the molecule is Cc1ccc(C)c(S(=O)(=O)NCCC(=O)N2CCN(c3ccccc3F)CC2)c1. The van der Waals surface area contributed by atoms with Crippen LogP contribution in [0.3, 0.4) is 0 Å². The van der Waals surface area contributed by atoms with Crippen LogP contribution in [0.25, 0.3) is 0 Å². The number of carbonyl (C=O) groups is 1. The number of sulfonamides is 1. The molecule has 0 radical (unpaired) electrons. The average molecular weight is 420 g/mol. The van der Waals surface area contributed by atoms with E-state index in [0.29, 0.717) is 37.4 Å². The number of piperazine rings is 1. The molecule has 0 atom stereocenters. The zero-order valence-electron chi connectivity index (χ0n) is 16.7. The molecule has 1 aliphatic rings. The summed E-state index contributed by atoms with van der Waals surface area (Å²) in [5.74, 6) is -0.380. The molecule has 29 heavy (non-hydrogen) atoms. The zero-order chi connectivity index (χ0) is 21.0. The Morgan fingerprint density at radius 1 is 1.07 bits per heavy atom. The van der Waals surface area contributed by atoms with Gasteiger partial charge in [-0.1, -0.05) is 24.3 Å². The van der Waals surface area contributed by atoms with Gasteiger partial charge in [-0.3, -0.25) is 4.79 Å². The second-order valence-electron chi connectivity index (χ2n) is 7.24. The van der Waals surface area contributed by atoms with E-state index >= 15 is 0 Å². The van der Waals surface area contributed by atoms with Gasteiger partial charge in [0.1, 0.15) is 5.82 Å². The first-order chi connectivity index (χ1) is 13.8. The molecule has 2 aromatic carbocycles. The van der Waals surface area contributed by atoms with Crippen LogP contribution in [0.5, 0.6) is 0 Å². The highest BCUT2D eigenvalue weighted by molar-refractivity contribution is 7.89. The van der Waals surface area contributed by atoms with E-state index in [1.807, 2.05) is 17.9 Å². The molecule has 3 rings (SSSR count). The van der Waals surface area contributed by atoms with Crippen molar-refractivity contribution >= 4 is 21.6 Å². The topological polar surface area (TPSA) is 69.7 Å². The quantitative estimate of drug-likeness (QED) is 0.781. The van der Waals surface area contributed by atoms with E-state index < -0.39 is 10.0 Å². The number of amides is 1. The Kier molecular flexibility index (Phi) is 6.54. The molecule has 2 aromatic rings. The number of hydrogen-bond donors (Lipinski definition) is 1. The summed E-state index contributed by atoms with van der Waals surface area (Å²) in [4.78, 5) is 16.3. The Labute approximate surface area is 171 Å². The van der Waals surface area contributed by atoms with Crippen LogP contribution in [-0.4, -0.2) is 51.9 Å². The van der Waals surface area contributed by atoms with E-state index in [2.05, 4.69) is 4.72 Å². The van der Waals surface area contributed by atoms with Crippen molar-refractivity contribution in [1.82, 2.24) is 9.62 Å². The summed E-state index contributed by atoms with van der Waals surface area (Å²) in [5, 5.41) is 0. The van der Waals surface area contributed by atoms with Crippen LogP contribution in [-0.2, 0) is 14.8 Å². The summed E-state index contributed by atoms with van der Waals surface area (Å²) < 4.78 is 41.5. The predicted octanol–water partition coefficient (Wildman–Crippen LogP) is 2.46. The first kappa shape index (κ1) is 21.3. The third-order valence-corrected chi connectivity index (χ3v) is 6.69. The van der Waals surface area contributed by atoms with Gasteiger partial charge in [0.05, 0.1) is 10.6 Å². The van der Waals surface area contributed by atoms with Gasteiger partial charge < -0.3 is 9.80 Å². The first-order valence-corrected chi connectivity index (χ1v) is 11.1. The molecular weight excluding hydrogens is 393 g/mol. The lowest BCUT2D eigenvalue weighted by Gasteiger charge is -2.36. The van der Waals surface area contributed by atoms with E-state index in [1.54, 1.807) is 42.2 Å². The minimum absolute atomic E-state index is 0.0437. The van der Waals surface area contributed by atoms with Gasteiger partial charge >= 0.3 is 0 Å². The number of halogens is 1. The summed E-state index contributed by atoms with van der Waals surface area (Å²) in [6.45, 7) is 5.68. The summed E-state index contributed by atoms with van der Waals surface area (Å²) in [6.07, 6.45) is 0.0871. The van der Waals surface area contributed by atoms with Crippen molar-refractivity contribution in [2.75, 3.05) is 37.6 Å². The Morgan fingerprint density at radius 2 is 1.76 bits per heavy atom. The molecule has 0 aromatic heterocycles. The van der Waals surface area contributed by atoms with E-state index in [1.165, 1.54) is 6.07 Å². The fourth-order valence-corrected chi connectivity index (χ4v) is 4.79. The summed E-state index contributed by atoms with van der Waals surface area (Å²) in [5.41, 5.74) is 2.07. The lowest BCUT2D eigenvalue weighted by Crippen LogP contribution is -2.49. The molecule has 1 N–H and O–H groups in total. The van der Waals surface area contributed by atoms with E-state index in [0.717, 1.165) is 5.56 Å². The second kappa shape index (κ2) is 8.92. The molecule has 1 saturated heterocycles. The molecule has 1 aliphatic heterocycles. The highest BCUT2D eigenvalue weighted by Crippen LogP contribution is 2.20. The van der Waals surface area contributed by atoms with Gasteiger partial charge in [0, 0.05) is 39.1 Å². The molecule has 1 fully saturated rings. The molecule has 8 heteroatoms. The minimum Gasteiger partial charge on any atom is -0.366 e. The maximum absolute atomic E-state index is 13.9. The Balaban J connectivity index is 1.50. The van der Waals surface area contributed by atoms with Crippen molar-refractivity contribution in [2.45, 2.75) is 25.2 Å². The second-order valence-corrected chi connectivity index (χ2v) is 8.97. The van der Waals surface area contributed by atoms with Crippen molar-refractivity contribution in [3.8, 4) is 0 Å². The number of hydrogen-bond acceptors (Lipinski definition) is 4. The maximum atomic E-state index is 13.9. The number of carbonyl (C=O) groups excluding carboxylic acids is 1. The summed E-state index contributed by atoms with van der Waals surface area (Å²) in [6, 6.07) is 11.9. The van der Waals surface area contributed by atoms with Crippen LogP contribution in [0.2, 0.25) is 0 Å². The Hall–Kier alpha value is -2.45. The molecule has 1 amide bonds. The van der Waals surface area contributed by atoms with Crippen molar-refractivity contribution in [3.63, 3.8) is 0 Å². The molecule has 156 valence electrons. The molecular formula is C21H26FN3O3S. The lowest BCUT2D eigenvalue weighted by molar-refractivity contribution is -0.131. The molecule has 0 spiro atoms. The summed E-state index contributed by atoms with van der Waals surface area (Å²) >= 11 is 0. The highest BCUT2D eigenvalue weighted by Gasteiger charge is 2.23. The van der Waals surface area contributed by atoms with Gasteiger partial charge in [0.25, 0.3) is 0 Å². The van der Waals surface area contributed by atoms with Gasteiger partial charge in [-0.2, -0.15) is 0 Å². The number of benzene rings is 2. The van der Waals surface area contributed by atoms with Gasteiger partial charge in [-0.25, -0.2) is 17.5 Å². The van der Waals surface area contributed by atoms with Gasteiger partial charge in [-0.15, -0.1) is 0 Å². The summed E-state index contributed by atoms with van der Waals surface area (Å²) in [7, 11) is -3.66. The number of nitrogens with zero attached hydrogens (tertiary/aromatic N) is 2. The van der Waals surface area contributed by atoms with E-state index in [4.69, 9.17) is 0 Å². The lowest BCUT2D eigenvalue weighted by atomic mass is 10.2. The molecule has 0 aliphatic carbocycles. The molecule has 1 heterocycles. The van der Waals surface area contributed by atoms with Crippen molar-refractivity contribution in [2.24, 2.45) is 0 Å². The van der Waals surface area contributed by atoms with Gasteiger partial charge in [0.15, 0.2) is 0 Å². The number of rotatable bonds is 6. The standard InChI is InChI=1S/C21H26FN3O3S/c1-16-7-8-17(2)20(15-16)29(27,28)23-10-9-21(26)25-13-11-24(12-14-25)19-6-4-3-5-18(19)22/h3-8,15,23H,9-14H2,1-2H3. The van der Waals surface area contributed by atoms with Crippen LogP contribution in [0.4, 0.5) is 10.1 Å². The molecule has 0 bridgehead atoms. The first-order valence-electron chi connectivity index (χ1n) is 9.62. The largest absolute Gasteiger partial charge is 0.366 e. The van der Waals surface area contributed by atoms with Crippen LogP contribution in [0.1, 0.15) is 17.5 Å². The van der Waals surface area contributed by atoms with Crippen LogP contribution < -0.4 is 9.62 Å². The third kappa shape index (κ3) is 5.13. The van der Waals surface area contributed by atoms with Crippen LogP contribution in [0, 0.1) is 19.7 Å². The molecule has 0 saturated carbocycles. The van der Waals surface area contributed by atoms with Crippen molar-refractivity contribution in [1.29, 1.82) is 0 Å². The predicted molar refractivity (Wildman–Crippen MR) is 111 cm³/mol. The minimum atomic E-state index is -3.66. The average Bonchev–Trinajstić information content (AvgIpc) is 2.70. The third-order valence-electron chi connectivity index (χ3n) is 5.09. The highest BCUT2D eigenvalue weighted by atomic mass is 32.2. The van der Waals surface area contributed by atoms with Crippen molar-refractivity contribution in [3.05, 3.63) is 59.4 Å². The fraction of sp³-hybridized carbons (Fsp3) is 0.381. The van der Waals surface area contributed by atoms with E-state index in [-0.39, 0.29) is 29.6 Å². The van der Waals surface area contributed by atoms with E-state index in [9.17, 15) is 17.6 Å². The Morgan fingerprint density at radius 3 is 2.45 bits per heavy atom. The fourth-order valence-electron chi connectivity index (χ4n) is 3.43. The molecule has 0 unspecified atom stereocenters.